The Morgan fingerprint density at radius 3 is 2.55 bits per heavy atom. The Morgan fingerprint density at radius 2 is 1.85 bits per heavy atom. The molecule has 1 saturated carbocycles. The molecule has 0 heterocycles. The van der Waals surface area contributed by atoms with Crippen molar-refractivity contribution in [3.63, 3.8) is 0 Å². The second kappa shape index (κ2) is 6.35. The van der Waals surface area contributed by atoms with Gasteiger partial charge in [-0.25, -0.2) is 0 Å². The highest BCUT2D eigenvalue weighted by Gasteiger charge is 2.33. The molecule has 0 saturated heterocycles. The summed E-state index contributed by atoms with van der Waals surface area (Å²) >= 11 is 0. The first-order valence-corrected chi connectivity index (χ1v) is 6.64. The van der Waals surface area contributed by atoms with E-state index in [0.29, 0.717) is 5.69 Å². The highest BCUT2D eigenvalue weighted by molar-refractivity contribution is 5.57. The molecule has 112 valence electrons. The monoisotopic (exact) mass is 289 g/mol. The molecular formula is C14H18F3NO2. The number of ether oxygens (including phenoxy) is 2. The largest absolute Gasteiger partial charge is 0.573 e. The van der Waals surface area contributed by atoms with Gasteiger partial charge in [-0.1, -0.05) is 25.0 Å². The van der Waals surface area contributed by atoms with Crippen LogP contribution >= 0.6 is 0 Å². The summed E-state index contributed by atoms with van der Waals surface area (Å²) in [5.41, 5.74) is 0.346. The van der Waals surface area contributed by atoms with Crippen molar-refractivity contribution < 1.29 is 22.6 Å². The number of rotatable bonds is 4. The van der Waals surface area contributed by atoms with Crippen molar-refractivity contribution in [3.05, 3.63) is 24.3 Å². The van der Waals surface area contributed by atoms with Crippen LogP contribution in [0.5, 0.6) is 5.75 Å². The SMILES string of the molecule is COC1CCCCC1Nc1ccccc1OC(F)(F)F. The van der Waals surface area contributed by atoms with Crippen molar-refractivity contribution in [1.82, 2.24) is 0 Å². The van der Waals surface area contributed by atoms with E-state index in [0.717, 1.165) is 25.7 Å². The third-order valence-electron chi connectivity index (χ3n) is 3.46. The smallest absolute Gasteiger partial charge is 0.404 e. The molecule has 1 aromatic carbocycles. The number of anilines is 1. The van der Waals surface area contributed by atoms with E-state index in [1.165, 1.54) is 12.1 Å². The average Bonchev–Trinajstić information content (AvgIpc) is 2.40. The Balaban J connectivity index is 2.12. The van der Waals surface area contributed by atoms with Crippen LogP contribution in [-0.2, 0) is 4.74 Å². The van der Waals surface area contributed by atoms with Gasteiger partial charge in [0.1, 0.15) is 0 Å². The van der Waals surface area contributed by atoms with E-state index in [1.807, 2.05) is 0 Å². The van der Waals surface area contributed by atoms with Gasteiger partial charge in [0.05, 0.1) is 17.8 Å². The Labute approximate surface area is 116 Å². The Bertz CT molecular complexity index is 437. The summed E-state index contributed by atoms with van der Waals surface area (Å²) in [6.07, 6.45) is -0.764. The Hall–Kier alpha value is -1.43. The maximum absolute atomic E-state index is 12.4. The summed E-state index contributed by atoms with van der Waals surface area (Å²) in [5, 5.41) is 3.12. The molecule has 0 aliphatic heterocycles. The summed E-state index contributed by atoms with van der Waals surface area (Å²) in [6.45, 7) is 0. The molecular weight excluding hydrogens is 271 g/mol. The number of nitrogens with one attached hydrogen (secondary N) is 1. The fourth-order valence-electron chi connectivity index (χ4n) is 2.54. The second-order valence-corrected chi connectivity index (χ2v) is 4.85. The maximum Gasteiger partial charge on any atom is 0.573 e. The van der Waals surface area contributed by atoms with Crippen LogP contribution in [0.1, 0.15) is 25.7 Å². The molecule has 2 atom stereocenters. The number of benzene rings is 1. The molecule has 2 unspecified atom stereocenters. The lowest BCUT2D eigenvalue weighted by molar-refractivity contribution is -0.274. The topological polar surface area (TPSA) is 30.5 Å². The van der Waals surface area contributed by atoms with Gasteiger partial charge >= 0.3 is 6.36 Å². The summed E-state index contributed by atoms with van der Waals surface area (Å²) in [5.74, 6) is -0.208. The summed E-state index contributed by atoms with van der Waals surface area (Å²) < 4.78 is 46.5. The zero-order chi connectivity index (χ0) is 14.6. The molecule has 0 amide bonds. The molecule has 0 radical (unpaired) electrons. The second-order valence-electron chi connectivity index (χ2n) is 4.85. The van der Waals surface area contributed by atoms with Crippen molar-refractivity contribution >= 4 is 5.69 Å². The normalized spacial score (nSPS) is 23.4. The first-order valence-electron chi connectivity index (χ1n) is 6.64. The lowest BCUT2D eigenvalue weighted by Crippen LogP contribution is -2.38. The Kier molecular flexibility index (Phi) is 4.75. The van der Waals surface area contributed by atoms with Crippen LogP contribution in [0.25, 0.3) is 0 Å². The first kappa shape index (κ1) is 15.0. The van der Waals surface area contributed by atoms with Gasteiger partial charge in [0.2, 0.25) is 0 Å². The fourth-order valence-corrected chi connectivity index (χ4v) is 2.54. The van der Waals surface area contributed by atoms with Gasteiger partial charge in [-0.2, -0.15) is 0 Å². The van der Waals surface area contributed by atoms with Crippen LogP contribution in [0.2, 0.25) is 0 Å². The highest BCUT2D eigenvalue weighted by Crippen LogP contribution is 2.32. The fraction of sp³-hybridized carbons (Fsp3) is 0.571. The number of alkyl halides is 3. The van der Waals surface area contributed by atoms with Crippen molar-refractivity contribution in [3.8, 4) is 5.75 Å². The lowest BCUT2D eigenvalue weighted by atomic mass is 9.92. The minimum absolute atomic E-state index is 0.00623. The molecule has 20 heavy (non-hydrogen) atoms. The molecule has 1 fully saturated rings. The van der Waals surface area contributed by atoms with Crippen LogP contribution in [0.3, 0.4) is 0 Å². The summed E-state index contributed by atoms with van der Waals surface area (Å²) in [4.78, 5) is 0. The van der Waals surface area contributed by atoms with Crippen molar-refractivity contribution in [2.45, 2.75) is 44.2 Å². The molecule has 2 rings (SSSR count). The van der Waals surface area contributed by atoms with Crippen LogP contribution in [0, 0.1) is 0 Å². The molecule has 0 spiro atoms. The molecule has 6 heteroatoms. The van der Waals surface area contributed by atoms with Gasteiger partial charge in [-0.15, -0.1) is 13.2 Å². The van der Waals surface area contributed by atoms with Gasteiger partial charge in [0.25, 0.3) is 0 Å². The van der Waals surface area contributed by atoms with E-state index in [4.69, 9.17) is 4.74 Å². The first-order chi connectivity index (χ1) is 9.49. The third-order valence-corrected chi connectivity index (χ3v) is 3.46. The third kappa shape index (κ3) is 4.03. The number of methoxy groups -OCH3 is 1. The Morgan fingerprint density at radius 1 is 1.15 bits per heavy atom. The number of para-hydroxylation sites is 2. The predicted molar refractivity (Wildman–Crippen MR) is 69.8 cm³/mol. The molecule has 0 aromatic heterocycles. The van der Waals surface area contributed by atoms with E-state index in [2.05, 4.69) is 10.1 Å². The minimum atomic E-state index is -4.69. The summed E-state index contributed by atoms with van der Waals surface area (Å²) in [6, 6.07) is 6.09. The van der Waals surface area contributed by atoms with E-state index in [9.17, 15) is 13.2 Å². The highest BCUT2D eigenvalue weighted by atomic mass is 19.4. The minimum Gasteiger partial charge on any atom is -0.404 e. The quantitative estimate of drug-likeness (QED) is 0.910. The zero-order valence-electron chi connectivity index (χ0n) is 11.2. The van der Waals surface area contributed by atoms with Gasteiger partial charge in [-0.05, 0) is 25.0 Å². The maximum atomic E-state index is 12.4. The number of halogens is 3. The summed E-state index contributed by atoms with van der Waals surface area (Å²) in [7, 11) is 1.63. The van der Waals surface area contributed by atoms with Crippen LogP contribution in [-0.4, -0.2) is 25.6 Å². The molecule has 1 aliphatic rings. The van der Waals surface area contributed by atoms with Crippen LogP contribution in [0.15, 0.2) is 24.3 Å². The van der Waals surface area contributed by atoms with E-state index < -0.39 is 6.36 Å². The van der Waals surface area contributed by atoms with Crippen LogP contribution < -0.4 is 10.1 Å². The van der Waals surface area contributed by atoms with E-state index >= 15 is 0 Å². The average molecular weight is 289 g/mol. The molecule has 1 aliphatic carbocycles. The van der Waals surface area contributed by atoms with Crippen molar-refractivity contribution in [2.75, 3.05) is 12.4 Å². The van der Waals surface area contributed by atoms with E-state index in [-0.39, 0.29) is 17.9 Å². The predicted octanol–water partition coefficient (Wildman–Crippen LogP) is 3.95. The van der Waals surface area contributed by atoms with Crippen molar-refractivity contribution in [1.29, 1.82) is 0 Å². The van der Waals surface area contributed by atoms with E-state index in [1.54, 1.807) is 19.2 Å². The lowest BCUT2D eigenvalue weighted by Gasteiger charge is -2.32. The van der Waals surface area contributed by atoms with Gasteiger partial charge in [0, 0.05) is 7.11 Å². The van der Waals surface area contributed by atoms with Gasteiger partial charge in [-0.3, -0.25) is 0 Å². The molecule has 1 aromatic rings. The molecule has 3 nitrogen and oxygen atoms in total. The number of hydrogen-bond donors (Lipinski definition) is 1. The standard InChI is InChI=1S/C14H18F3NO2/c1-19-12-8-4-2-6-10(12)18-11-7-3-5-9-13(11)20-14(15,16)17/h3,5,7,9-10,12,18H,2,4,6,8H2,1H3. The van der Waals surface area contributed by atoms with Gasteiger partial charge < -0.3 is 14.8 Å². The van der Waals surface area contributed by atoms with Crippen LogP contribution in [0.4, 0.5) is 18.9 Å². The zero-order valence-corrected chi connectivity index (χ0v) is 11.2. The van der Waals surface area contributed by atoms with Crippen molar-refractivity contribution in [2.24, 2.45) is 0 Å². The number of hydrogen-bond acceptors (Lipinski definition) is 3. The molecule has 1 N–H and O–H groups in total. The molecule has 0 bridgehead atoms. The van der Waals surface area contributed by atoms with Gasteiger partial charge in [0.15, 0.2) is 5.75 Å².